The predicted molar refractivity (Wildman–Crippen MR) is 83.3 cm³/mol. The molecule has 5 heteroatoms. The van der Waals surface area contributed by atoms with Crippen LogP contribution in [0.3, 0.4) is 0 Å². The van der Waals surface area contributed by atoms with E-state index in [-0.39, 0.29) is 0 Å². The van der Waals surface area contributed by atoms with Crippen LogP contribution in [0.5, 0.6) is 0 Å². The van der Waals surface area contributed by atoms with Gasteiger partial charge in [0, 0.05) is 45.0 Å². The second-order valence-electron chi connectivity index (χ2n) is 5.26. The molecule has 5 nitrogen and oxygen atoms in total. The van der Waals surface area contributed by atoms with Crippen molar-refractivity contribution in [3.05, 3.63) is 23.9 Å². The van der Waals surface area contributed by atoms with Crippen LogP contribution >= 0.6 is 0 Å². The van der Waals surface area contributed by atoms with Crippen molar-refractivity contribution in [1.82, 2.24) is 9.88 Å². The molecule has 0 radical (unpaired) electrons. The second-order valence-corrected chi connectivity index (χ2v) is 5.26. The van der Waals surface area contributed by atoms with Crippen molar-refractivity contribution in [3.8, 4) is 6.07 Å². The number of rotatable bonds is 6. The van der Waals surface area contributed by atoms with E-state index < -0.39 is 0 Å². The Morgan fingerprint density at radius 3 is 3.00 bits per heavy atom. The first-order chi connectivity index (χ1) is 10.3. The Hall–Kier alpha value is -1.64. The molecule has 1 aromatic rings. The van der Waals surface area contributed by atoms with E-state index in [1.807, 2.05) is 13.0 Å². The minimum Gasteiger partial charge on any atom is -0.380 e. The van der Waals surface area contributed by atoms with Crippen LogP contribution in [-0.4, -0.2) is 55.3 Å². The highest BCUT2D eigenvalue weighted by atomic mass is 16.5. The highest BCUT2D eigenvalue weighted by Crippen LogP contribution is 2.19. The first-order valence-corrected chi connectivity index (χ1v) is 7.71. The third-order valence-corrected chi connectivity index (χ3v) is 4.00. The van der Waals surface area contributed by atoms with E-state index in [0.717, 1.165) is 51.6 Å². The molecule has 0 aliphatic carbocycles. The summed E-state index contributed by atoms with van der Waals surface area (Å²) in [5, 5.41) is 9.00. The Balaban J connectivity index is 1.98. The van der Waals surface area contributed by atoms with Gasteiger partial charge < -0.3 is 9.64 Å². The molecule has 1 atom stereocenters. The summed E-state index contributed by atoms with van der Waals surface area (Å²) in [4.78, 5) is 9.20. The van der Waals surface area contributed by atoms with Crippen LogP contribution < -0.4 is 4.90 Å². The topological polar surface area (TPSA) is 52.4 Å². The third kappa shape index (κ3) is 4.16. The molecule has 0 aromatic carbocycles. The van der Waals surface area contributed by atoms with Gasteiger partial charge in [-0.2, -0.15) is 5.26 Å². The number of nitriles is 1. The normalized spacial score (nSPS) is 19.5. The highest BCUT2D eigenvalue weighted by Gasteiger charge is 2.26. The van der Waals surface area contributed by atoms with Crippen LogP contribution in [0.4, 0.5) is 5.82 Å². The summed E-state index contributed by atoms with van der Waals surface area (Å²) in [5.74, 6) is 0.914. The lowest BCUT2D eigenvalue weighted by molar-refractivity contribution is 0.0869. The van der Waals surface area contributed by atoms with Gasteiger partial charge in [0.1, 0.15) is 5.82 Å². The maximum atomic E-state index is 9.00. The molecule has 0 amide bonds. The van der Waals surface area contributed by atoms with Crippen LogP contribution in [-0.2, 0) is 4.74 Å². The Morgan fingerprint density at radius 2 is 2.29 bits per heavy atom. The first-order valence-electron chi connectivity index (χ1n) is 7.71. The van der Waals surface area contributed by atoms with Gasteiger partial charge in [-0.05, 0) is 25.5 Å². The van der Waals surface area contributed by atoms with E-state index in [4.69, 9.17) is 10.00 Å². The molecule has 1 saturated heterocycles. The Labute approximate surface area is 127 Å². The number of nitrogens with zero attached hydrogens (tertiary/aromatic N) is 4. The molecule has 1 aromatic heterocycles. The van der Waals surface area contributed by atoms with Gasteiger partial charge in [0.25, 0.3) is 0 Å². The predicted octanol–water partition coefficient (Wildman–Crippen LogP) is 1.89. The van der Waals surface area contributed by atoms with E-state index in [0.29, 0.717) is 11.6 Å². The zero-order valence-electron chi connectivity index (χ0n) is 13.0. The number of piperazine rings is 1. The number of hydrogen-bond donors (Lipinski definition) is 0. The standard InChI is InChI=1S/C16H24N4O/c1-3-15-13-20(8-7-19(15)9-10-21-4-2)16-11-14(12-17)5-6-18-16/h5-6,11,15H,3-4,7-10,13H2,1-2H3/t15-/m0/s1. The Kier molecular flexibility index (Phi) is 5.97. The smallest absolute Gasteiger partial charge is 0.129 e. The van der Waals surface area contributed by atoms with Gasteiger partial charge in [-0.15, -0.1) is 0 Å². The van der Waals surface area contributed by atoms with Gasteiger partial charge in [-0.1, -0.05) is 6.92 Å². The molecule has 0 spiro atoms. The van der Waals surface area contributed by atoms with E-state index in [1.165, 1.54) is 0 Å². The molecule has 1 aliphatic rings. The highest BCUT2D eigenvalue weighted by molar-refractivity contribution is 5.45. The fourth-order valence-corrected chi connectivity index (χ4v) is 2.77. The summed E-state index contributed by atoms with van der Waals surface area (Å²) in [7, 11) is 0. The van der Waals surface area contributed by atoms with Gasteiger partial charge in [0.05, 0.1) is 18.2 Å². The van der Waals surface area contributed by atoms with Gasteiger partial charge in [-0.25, -0.2) is 4.98 Å². The zero-order chi connectivity index (χ0) is 15.1. The van der Waals surface area contributed by atoms with Crippen LogP contribution in [0.2, 0.25) is 0 Å². The summed E-state index contributed by atoms with van der Waals surface area (Å²) in [6, 6.07) is 6.33. The van der Waals surface area contributed by atoms with Gasteiger partial charge in [-0.3, -0.25) is 4.90 Å². The van der Waals surface area contributed by atoms with Crippen molar-refractivity contribution in [2.45, 2.75) is 26.3 Å². The minimum absolute atomic E-state index is 0.520. The average molecular weight is 288 g/mol. The van der Waals surface area contributed by atoms with Crippen LogP contribution in [0.1, 0.15) is 25.8 Å². The molecule has 2 heterocycles. The van der Waals surface area contributed by atoms with Crippen molar-refractivity contribution in [3.63, 3.8) is 0 Å². The van der Waals surface area contributed by atoms with Crippen molar-refractivity contribution in [2.24, 2.45) is 0 Å². The molecule has 114 valence electrons. The number of anilines is 1. The van der Waals surface area contributed by atoms with Crippen LogP contribution in [0.25, 0.3) is 0 Å². The fraction of sp³-hybridized carbons (Fsp3) is 0.625. The summed E-state index contributed by atoms with van der Waals surface area (Å²) in [6.07, 6.45) is 2.83. The molecule has 2 rings (SSSR count). The molecular weight excluding hydrogens is 264 g/mol. The lowest BCUT2D eigenvalue weighted by Crippen LogP contribution is -2.54. The van der Waals surface area contributed by atoms with E-state index >= 15 is 0 Å². The lowest BCUT2D eigenvalue weighted by atomic mass is 10.1. The van der Waals surface area contributed by atoms with Crippen molar-refractivity contribution in [2.75, 3.05) is 44.3 Å². The fourth-order valence-electron chi connectivity index (χ4n) is 2.77. The molecule has 21 heavy (non-hydrogen) atoms. The number of pyridine rings is 1. The van der Waals surface area contributed by atoms with Crippen molar-refractivity contribution in [1.29, 1.82) is 5.26 Å². The zero-order valence-corrected chi connectivity index (χ0v) is 13.0. The summed E-state index contributed by atoms with van der Waals surface area (Å²) >= 11 is 0. The molecule has 0 bridgehead atoms. The average Bonchev–Trinajstić information content (AvgIpc) is 2.55. The largest absolute Gasteiger partial charge is 0.380 e. The van der Waals surface area contributed by atoms with E-state index in [2.05, 4.69) is 27.8 Å². The van der Waals surface area contributed by atoms with E-state index in [1.54, 1.807) is 12.3 Å². The van der Waals surface area contributed by atoms with Crippen LogP contribution in [0.15, 0.2) is 18.3 Å². The molecule has 0 saturated carbocycles. The summed E-state index contributed by atoms with van der Waals surface area (Å²) in [6.45, 7) is 9.76. The summed E-state index contributed by atoms with van der Waals surface area (Å²) < 4.78 is 5.47. The van der Waals surface area contributed by atoms with E-state index in [9.17, 15) is 0 Å². The number of hydrogen-bond acceptors (Lipinski definition) is 5. The number of aromatic nitrogens is 1. The third-order valence-electron chi connectivity index (χ3n) is 4.00. The lowest BCUT2D eigenvalue weighted by Gasteiger charge is -2.41. The quantitative estimate of drug-likeness (QED) is 0.748. The second kappa shape index (κ2) is 7.96. The van der Waals surface area contributed by atoms with Crippen molar-refractivity contribution >= 4 is 5.82 Å². The van der Waals surface area contributed by atoms with Gasteiger partial charge >= 0.3 is 0 Å². The molecule has 1 aliphatic heterocycles. The monoisotopic (exact) mass is 288 g/mol. The summed E-state index contributed by atoms with van der Waals surface area (Å²) in [5.41, 5.74) is 0.673. The Bertz CT molecular complexity index is 485. The van der Waals surface area contributed by atoms with Gasteiger partial charge in [0.2, 0.25) is 0 Å². The maximum absolute atomic E-state index is 9.00. The Morgan fingerprint density at radius 1 is 1.43 bits per heavy atom. The SMILES string of the molecule is CCOCCN1CCN(c2cc(C#N)ccn2)C[C@@H]1CC. The molecule has 1 fully saturated rings. The maximum Gasteiger partial charge on any atom is 0.129 e. The molecular formula is C16H24N4O. The van der Waals surface area contributed by atoms with Crippen LogP contribution in [0, 0.1) is 11.3 Å². The van der Waals surface area contributed by atoms with Gasteiger partial charge in [0.15, 0.2) is 0 Å². The minimum atomic E-state index is 0.520. The first kappa shape index (κ1) is 15.7. The number of ether oxygens (including phenoxy) is 1. The molecule has 0 unspecified atom stereocenters. The molecule has 0 N–H and O–H groups in total. The van der Waals surface area contributed by atoms with Crippen molar-refractivity contribution < 1.29 is 4.74 Å².